The summed E-state index contributed by atoms with van der Waals surface area (Å²) in [5.41, 5.74) is 4.56. The van der Waals surface area contributed by atoms with Crippen LogP contribution < -0.4 is 10.6 Å². The number of rotatable bonds is 5. The number of aromatic nitrogens is 1. The van der Waals surface area contributed by atoms with Crippen molar-refractivity contribution in [2.75, 3.05) is 10.6 Å². The molecule has 27 heavy (non-hydrogen) atoms. The van der Waals surface area contributed by atoms with Gasteiger partial charge in [-0.05, 0) is 48.2 Å². The second-order valence-electron chi connectivity index (χ2n) is 6.75. The molecule has 0 aliphatic heterocycles. The van der Waals surface area contributed by atoms with Crippen LogP contribution in [0.2, 0.25) is 0 Å². The number of anilines is 3. The van der Waals surface area contributed by atoms with E-state index in [0.29, 0.717) is 22.9 Å². The van der Waals surface area contributed by atoms with Crippen LogP contribution in [0.25, 0.3) is 0 Å². The number of hydrogen-bond acceptors (Lipinski definition) is 3. The summed E-state index contributed by atoms with van der Waals surface area (Å²) in [4.78, 5) is 16.9. The summed E-state index contributed by atoms with van der Waals surface area (Å²) in [6.45, 7) is 6.16. The Kier molecular flexibility index (Phi) is 5.50. The molecule has 0 spiro atoms. The molecule has 0 aliphatic rings. The quantitative estimate of drug-likeness (QED) is 0.616. The zero-order valence-corrected chi connectivity index (χ0v) is 15.6. The van der Waals surface area contributed by atoms with Gasteiger partial charge in [0.25, 0.3) is 5.91 Å². The number of halogens is 1. The molecule has 0 radical (unpaired) electrons. The molecule has 0 unspecified atom stereocenters. The summed E-state index contributed by atoms with van der Waals surface area (Å²) >= 11 is 0. The fourth-order valence-electron chi connectivity index (χ4n) is 2.89. The number of carbonyl (C=O) groups excluding carboxylic acids is 1. The van der Waals surface area contributed by atoms with Crippen molar-refractivity contribution >= 4 is 23.0 Å². The van der Waals surface area contributed by atoms with Crippen LogP contribution in [-0.4, -0.2) is 10.9 Å². The maximum atomic E-state index is 13.3. The van der Waals surface area contributed by atoms with Crippen molar-refractivity contribution in [1.29, 1.82) is 0 Å². The molecule has 4 nitrogen and oxygen atoms in total. The predicted octanol–water partition coefficient (Wildman–Crippen LogP) is 5.65. The third-order valence-electron chi connectivity index (χ3n) is 4.28. The number of aryl methyl sites for hydroxylation is 1. The van der Waals surface area contributed by atoms with Gasteiger partial charge >= 0.3 is 0 Å². The van der Waals surface area contributed by atoms with Crippen molar-refractivity contribution in [3.05, 3.63) is 83.4 Å². The van der Waals surface area contributed by atoms with Crippen LogP contribution >= 0.6 is 0 Å². The first-order valence-corrected chi connectivity index (χ1v) is 8.82. The molecule has 2 aromatic carbocycles. The minimum Gasteiger partial charge on any atom is -0.354 e. The highest BCUT2D eigenvalue weighted by atomic mass is 19.1. The molecular formula is C22H22FN3O. The maximum absolute atomic E-state index is 13.3. The van der Waals surface area contributed by atoms with E-state index in [1.165, 1.54) is 18.3 Å². The number of carbonyl (C=O) groups is 1. The van der Waals surface area contributed by atoms with Gasteiger partial charge in [-0.2, -0.15) is 0 Å². The van der Waals surface area contributed by atoms with Crippen molar-refractivity contribution in [1.82, 2.24) is 4.98 Å². The Morgan fingerprint density at radius 1 is 1.04 bits per heavy atom. The number of nitrogens with one attached hydrogen (secondary N) is 2. The molecule has 0 saturated heterocycles. The molecule has 0 aliphatic carbocycles. The van der Waals surface area contributed by atoms with E-state index in [1.54, 1.807) is 24.4 Å². The molecule has 2 N–H and O–H groups in total. The molecule has 0 bridgehead atoms. The topological polar surface area (TPSA) is 54.0 Å². The Morgan fingerprint density at radius 2 is 1.81 bits per heavy atom. The van der Waals surface area contributed by atoms with Crippen molar-refractivity contribution in [3.63, 3.8) is 0 Å². The van der Waals surface area contributed by atoms with Crippen molar-refractivity contribution in [3.8, 4) is 0 Å². The van der Waals surface area contributed by atoms with Crippen LogP contribution in [0.4, 0.5) is 21.5 Å². The number of para-hydroxylation sites is 1. The van der Waals surface area contributed by atoms with Crippen molar-refractivity contribution in [2.45, 2.75) is 26.7 Å². The average molecular weight is 363 g/mol. The Morgan fingerprint density at radius 3 is 2.56 bits per heavy atom. The summed E-state index contributed by atoms with van der Waals surface area (Å²) < 4.78 is 13.3. The molecule has 0 fully saturated rings. The number of nitrogens with zero attached hydrogens (tertiary/aromatic N) is 1. The Hall–Kier alpha value is -3.21. The molecule has 0 atom stereocenters. The fourth-order valence-corrected chi connectivity index (χ4v) is 2.89. The van der Waals surface area contributed by atoms with Gasteiger partial charge in [0.1, 0.15) is 5.82 Å². The lowest BCUT2D eigenvalue weighted by Crippen LogP contribution is -2.15. The van der Waals surface area contributed by atoms with E-state index in [-0.39, 0.29) is 11.7 Å². The molecule has 138 valence electrons. The first-order valence-electron chi connectivity index (χ1n) is 8.82. The summed E-state index contributed by atoms with van der Waals surface area (Å²) in [5.74, 6) is -0.275. The number of amides is 1. The van der Waals surface area contributed by atoms with Gasteiger partial charge in [-0.3, -0.25) is 9.78 Å². The smallest absolute Gasteiger partial charge is 0.257 e. The van der Waals surface area contributed by atoms with Crippen LogP contribution in [0.1, 0.15) is 41.3 Å². The maximum Gasteiger partial charge on any atom is 0.257 e. The zero-order chi connectivity index (χ0) is 19.4. The summed E-state index contributed by atoms with van der Waals surface area (Å²) in [6, 6.07) is 13.8. The fraction of sp³-hybridized carbons (Fsp3) is 0.182. The van der Waals surface area contributed by atoms with Crippen LogP contribution in [0.3, 0.4) is 0 Å². The van der Waals surface area contributed by atoms with E-state index in [4.69, 9.17) is 0 Å². The Balaban J connectivity index is 1.82. The molecule has 5 heteroatoms. The number of benzene rings is 2. The molecule has 0 saturated carbocycles. The second-order valence-corrected chi connectivity index (χ2v) is 6.75. The SMILES string of the molecule is Cc1cccc(C(C)C)c1NC(=O)c1cncc(Nc2cccc(F)c2)c1. The van der Waals surface area contributed by atoms with Crippen LogP contribution in [-0.2, 0) is 0 Å². The average Bonchev–Trinajstić information content (AvgIpc) is 2.63. The van der Waals surface area contributed by atoms with E-state index >= 15 is 0 Å². The zero-order valence-electron chi connectivity index (χ0n) is 15.6. The lowest BCUT2D eigenvalue weighted by atomic mass is 9.98. The van der Waals surface area contributed by atoms with Crippen molar-refractivity contribution in [2.24, 2.45) is 0 Å². The van der Waals surface area contributed by atoms with Gasteiger partial charge in [0.2, 0.25) is 0 Å². The third kappa shape index (κ3) is 4.50. The standard InChI is InChI=1S/C22H22FN3O/c1-14(2)20-9-4-6-15(3)21(20)26-22(27)16-10-19(13-24-12-16)25-18-8-5-7-17(23)11-18/h4-14,25H,1-3H3,(H,26,27). The lowest BCUT2D eigenvalue weighted by Gasteiger charge is -2.16. The van der Waals surface area contributed by atoms with Crippen LogP contribution in [0, 0.1) is 12.7 Å². The molecule has 1 amide bonds. The van der Waals surface area contributed by atoms with Gasteiger partial charge in [-0.25, -0.2) is 4.39 Å². The van der Waals surface area contributed by atoms with E-state index < -0.39 is 0 Å². The predicted molar refractivity (Wildman–Crippen MR) is 107 cm³/mol. The minimum atomic E-state index is -0.331. The van der Waals surface area contributed by atoms with Gasteiger partial charge in [0.05, 0.1) is 17.4 Å². The summed E-state index contributed by atoms with van der Waals surface area (Å²) in [5, 5.41) is 6.07. The van der Waals surface area contributed by atoms with E-state index in [1.807, 2.05) is 25.1 Å². The monoisotopic (exact) mass is 363 g/mol. The third-order valence-corrected chi connectivity index (χ3v) is 4.28. The normalized spacial score (nSPS) is 10.7. The number of hydrogen-bond donors (Lipinski definition) is 2. The molecule has 1 aromatic heterocycles. The van der Waals surface area contributed by atoms with Gasteiger partial charge in [0, 0.05) is 17.6 Å². The summed E-state index contributed by atoms with van der Waals surface area (Å²) in [6.07, 6.45) is 3.11. The molecule has 1 heterocycles. The minimum absolute atomic E-state index is 0.235. The Bertz CT molecular complexity index is 969. The largest absolute Gasteiger partial charge is 0.354 e. The lowest BCUT2D eigenvalue weighted by molar-refractivity contribution is 0.102. The van der Waals surface area contributed by atoms with Crippen molar-refractivity contribution < 1.29 is 9.18 Å². The summed E-state index contributed by atoms with van der Waals surface area (Å²) in [7, 11) is 0. The van der Waals surface area contributed by atoms with Crippen LogP contribution in [0.15, 0.2) is 60.9 Å². The van der Waals surface area contributed by atoms with Crippen LogP contribution in [0.5, 0.6) is 0 Å². The molecule has 3 aromatic rings. The number of pyridine rings is 1. The Labute approximate surface area is 158 Å². The highest BCUT2D eigenvalue weighted by molar-refractivity contribution is 6.05. The van der Waals surface area contributed by atoms with Gasteiger partial charge in [0.15, 0.2) is 0 Å². The van der Waals surface area contributed by atoms with E-state index in [2.05, 4.69) is 29.5 Å². The molecule has 3 rings (SSSR count). The highest BCUT2D eigenvalue weighted by Gasteiger charge is 2.14. The second kappa shape index (κ2) is 7.99. The highest BCUT2D eigenvalue weighted by Crippen LogP contribution is 2.28. The molecular weight excluding hydrogens is 341 g/mol. The van der Waals surface area contributed by atoms with Gasteiger partial charge in [-0.1, -0.05) is 38.1 Å². The van der Waals surface area contributed by atoms with Gasteiger partial charge in [-0.15, -0.1) is 0 Å². The first-order chi connectivity index (χ1) is 12.9. The van der Waals surface area contributed by atoms with E-state index in [9.17, 15) is 9.18 Å². The first kappa shape index (κ1) is 18.6. The van der Waals surface area contributed by atoms with Gasteiger partial charge < -0.3 is 10.6 Å². The van der Waals surface area contributed by atoms with E-state index in [0.717, 1.165) is 16.8 Å².